The van der Waals surface area contributed by atoms with Gasteiger partial charge in [0.25, 0.3) is 11.8 Å². The monoisotopic (exact) mass is 1200 g/mol. The third kappa shape index (κ3) is 10.7. The predicted octanol–water partition coefficient (Wildman–Crippen LogP) is 8.39. The fourth-order valence-electron chi connectivity index (χ4n) is 15.6. The molecule has 6 fully saturated rings. The van der Waals surface area contributed by atoms with Crippen LogP contribution in [-0.2, 0) is 29.4 Å². The van der Waals surface area contributed by atoms with E-state index in [1.54, 1.807) is 31.5 Å². The van der Waals surface area contributed by atoms with E-state index in [-0.39, 0.29) is 78.2 Å². The Morgan fingerprint density at radius 2 is 1.48 bits per heavy atom. The van der Waals surface area contributed by atoms with Gasteiger partial charge >= 0.3 is 0 Å². The van der Waals surface area contributed by atoms with E-state index in [0.717, 1.165) is 47.6 Å². The van der Waals surface area contributed by atoms with Crippen LogP contribution < -0.4 is 26.2 Å². The Hall–Kier alpha value is -7.78. The molecule has 5 aromatic rings. The number of rotatable bonds is 13. The van der Waals surface area contributed by atoms with Crippen molar-refractivity contribution in [1.82, 2.24) is 44.8 Å². The van der Waals surface area contributed by atoms with E-state index in [4.69, 9.17) is 9.97 Å². The first-order valence-corrected chi connectivity index (χ1v) is 32.2. The number of amides is 7. The summed E-state index contributed by atoms with van der Waals surface area (Å²) in [5.41, 5.74) is 6.01. The Morgan fingerprint density at radius 3 is 2.15 bits per heavy atom. The van der Waals surface area contributed by atoms with Crippen molar-refractivity contribution >= 4 is 75.3 Å². The number of benzene rings is 3. The largest absolute Gasteiger partial charge is 0.382 e. The van der Waals surface area contributed by atoms with Crippen LogP contribution in [-0.4, -0.2) is 150 Å². The number of halogens is 1. The van der Waals surface area contributed by atoms with Crippen LogP contribution in [0.3, 0.4) is 0 Å². The molecule has 2 atom stereocenters. The molecule has 7 amide bonds. The molecule has 0 radical (unpaired) electrons. The van der Waals surface area contributed by atoms with Crippen LogP contribution in [0.1, 0.15) is 174 Å². The van der Waals surface area contributed by atoms with Gasteiger partial charge in [0.1, 0.15) is 17.4 Å². The lowest BCUT2D eigenvalue weighted by Crippen LogP contribution is -2.58. The van der Waals surface area contributed by atoms with Gasteiger partial charge in [-0.15, -0.1) is 0 Å². The van der Waals surface area contributed by atoms with Crippen molar-refractivity contribution in [2.45, 2.75) is 179 Å². The first-order valence-electron chi connectivity index (χ1n) is 32.2. The summed E-state index contributed by atoms with van der Waals surface area (Å²) < 4.78 is 18.0. The first kappa shape index (κ1) is 59.2. The number of hydrogen-bond acceptors (Lipinski definition) is 13. The minimum Gasteiger partial charge on any atom is -0.382 e. The number of piperidine rings is 4. The summed E-state index contributed by atoms with van der Waals surface area (Å²) in [5.74, 6) is -1.99. The molecule has 8 heterocycles. The molecule has 21 heteroatoms. The van der Waals surface area contributed by atoms with Gasteiger partial charge in [-0.1, -0.05) is 30.7 Å². The number of likely N-dealkylation sites (tertiary alicyclic amines) is 3. The second-order valence-electron chi connectivity index (χ2n) is 26.7. The summed E-state index contributed by atoms with van der Waals surface area (Å²) in [4.78, 5) is 115. The van der Waals surface area contributed by atoms with Crippen LogP contribution in [0.15, 0.2) is 60.9 Å². The molecule has 2 aliphatic carbocycles. The lowest BCUT2D eigenvalue weighted by Gasteiger charge is -2.48. The highest BCUT2D eigenvalue weighted by Crippen LogP contribution is 2.53. The third-order valence-electron chi connectivity index (χ3n) is 20.6. The fraction of sp³-hybridized carbons (Fsp3) is 0.537. The number of nitrogens with zero attached hydrogens (tertiary/aromatic N) is 8. The zero-order valence-corrected chi connectivity index (χ0v) is 51.1. The Labute approximate surface area is 512 Å². The van der Waals surface area contributed by atoms with Crippen molar-refractivity contribution in [2.75, 3.05) is 54.8 Å². The third-order valence-corrected chi connectivity index (χ3v) is 20.6. The molecule has 6 aliphatic heterocycles. The van der Waals surface area contributed by atoms with E-state index in [2.05, 4.69) is 43.2 Å². The molecule has 2 saturated carbocycles. The average Bonchev–Trinajstić information content (AvgIpc) is 1.57. The van der Waals surface area contributed by atoms with Crippen LogP contribution in [0.2, 0.25) is 0 Å². The molecule has 2 aromatic heterocycles. The molecule has 2 unspecified atom stereocenters. The minimum atomic E-state index is -1.32. The Morgan fingerprint density at radius 1 is 0.784 bits per heavy atom. The van der Waals surface area contributed by atoms with Crippen molar-refractivity contribution in [3.05, 3.63) is 94.6 Å². The van der Waals surface area contributed by atoms with E-state index >= 15 is 9.18 Å². The Kier molecular flexibility index (Phi) is 15.9. The van der Waals surface area contributed by atoms with Gasteiger partial charge in [0.05, 0.1) is 34.2 Å². The highest BCUT2D eigenvalue weighted by molar-refractivity contribution is 6.10. The SMILES string of the molecule is Cc1cc(F)c(Nc2nc(-c3ccc4c(c3)N([C@H]3C[C@@H](N5CCCCC5)C3)C(=O)C43CCN(C(=O)[C@H]4CC[C@@H](C(=O)N5CCC(Nc6cccc7c6C(=O)N(C6CCC(=O)NC6=O)C7O)CC5)CC4)CC3)cc3ncn(C(C)C)c23)cc1C(=O)NC(C)C. The number of hydrogen-bond donors (Lipinski definition) is 5. The van der Waals surface area contributed by atoms with E-state index in [0.29, 0.717) is 134 Å². The number of aliphatic hydroxyl groups is 1. The van der Waals surface area contributed by atoms with Crippen molar-refractivity contribution < 1.29 is 43.1 Å². The minimum absolute atomic E-state index is 0.00320. The fourth-order valence-corrected chi connectivity index (χ4v) is 15.6. The van der Waals surface area contributed by atoms with Gasteiger partial charge < -0.3 is 45.2 Å². The number of aliphatic hydroxyl groups excluding tert-OH is 1. The molecule has 13 rings (SSSR count). The number of carbonyl (C=O) groups excluding carboxylic acids is 7. The summed E-state index contributed by atoms with van der Waals surface area (Å²) in [6.07, 6.45) is 10.9. The summed E-state index contributed by atoms with van der Waals surface area (Å²) >= 11 is 0. The van der Waals surface area contributed by atoms with Crippen LogP contribution in [0.5, 0.6) is 0 Å². The Bertz CT molecular complexity index is 3620. The maximum absolute atomic E-state index is 16.0. The summed E-state index contributed by atoms with van der Waals surface area (Å²) in [6.45, 7) is 13.7. The van der Waals surface area contributed by atoms with E-state index in [1.165, 1.54) is 31.4 Å². The second-order valence-corrected chi connectivity index (χ2v) is 26.7. The molecule has 3 aromatic carbocycles. The van der Waals surface area contributed by atoms with E-state index in [1.807, 2.05) is 54.2 Å². The van der Waals surface area contributed by atoms with Crippen molar-refractivity contribution in [2.24, 2.45) is 11.8 Å². The van der Waals surface area contributed by atoms with Crippen LogP contribution in [0.25, 0.3) is 22.3 Å². The number of imidazole rings is 1. The Balaban J connectivity index is 0.676. The summed E-state index contributed by atoms with van der Waals surface area (Å²) in [7, 11) is 0. The van der Waals surface area contributed by atoms with Gasteiger partial charge in [-0.3, -0.25) is 43.8 Å². The zero-order chi connectivity index (χ0) is 61.4. The number of nitrogens with one attached hydrogen (secondary N) is 4. The topological polar surface area (TPSA) is 235 Å². The number of aromatic nitrogens is 3. The van der Waals surface area contributed by atoms with Gasteiger partial charge in [0.2, 0.25) is 29.5 Å². The van der Waals surface area contributed by atoms with Gasteiger partial charge in [0, 0.05) is 103 Å². The normalized spacial score (nSPS) is 24.9. The molecule has 0 bridgehead atoms. The number of imide groups is 1. The second kappa shape index (κ2) is 23.6. The summed E-state index contributed by atoms with van der Waals surface area (Å²) in [5, 5.41) is 23.2. The molecule has 5 N–H and O–H groups in total. The average molecular weight is 1200 g/mol. The number of fused-ring (bicyclic) bond motifs is 4. The molecule has 88 heavy (non-hydrogen) atoms. The molecule has 4 saturated heterocycles. The van der Waals surface area contributed by atoms with E-state index in [9.17, 15) is 33.9 Å². The molecule has 1 spiro atoms. The van der Waals surface area contributed by atoms with Gasteiger partial charge in [-0.25, -0.2) is 14.4 Å². The van der Waals surface area contributed by atoms with Gasteiger partial charge in [-0.05, 0) is 173 Å². The number of anilines is 4. The molecular weight excluding hydrogens is 1120 g/mol. The first-order chi connectivity index (χ1) is 42.3. The number of aryl methyl sites for hydroxylation is 1. The maximum atomic E-state index is 16.0. The number of pyridine rings is 1. The summed E-state index contributed by atoms with van der Waals surface area (Å²) in [6, 6.07) is 15.6. The van der Waals surface area contributed by atoms with Gasteiger partial charge in [-0.2, -0.15) is 0 Å². The lowest BCUT2D eigenvalue weighted by atomic mass is 9.72. The lowest BCUT2D eigenvalue weighted by molar-refractivity contribution is -0.143. The highest BCUT2D eigenvalue weighted by Gasteiger charge is 2.56. The maximum Gasteiger partial charge on any atom is 0.259 e. The molecular formula is C67H81FN12O8. The van der Waals surface area contributed by atoms with E-state index < -0.39 is 41.2 Å². The van der Waals surface area contributed by atoms with Crippen molar-refractivity contribution in [3.63, 3.8) is 0 Å². The zero-order valence-electron chi connectivity index (χ0n) is 51.1. The predicted molar refractivity (Wildman–Crippen MR) is 330 cm³/mol. The van der Waals surface area contributed by atoms with Crippen LogP contribution >= 0.6 is 0 Å². The molecule has 464 valence electrons. The molecule has 20 nitrogen and oxygen atoms in total. The number of carbonyl (C=O) groups is 7. The van der Waals surface area contributed by atoms with Crippen LogP contribution in [0.4, 0.5) is 27.3 Å². The quantitative estimate of drug-likeness (QED) is 0.0698. The van der Waals surface area contributed by atoms with Gasteiger partial charge in [0.15, 0.2) is 12.0 Å². The van der Waals surface area contributed by atoms with Crippen molar-refractivity contribution in [3.8, 4) is 11.3 Å². The highest BCUT2D eigenvalue weighted by atomic mass is 19.1. The van der Waals surface area contributed by atoms with Crippen molar-refractivity contribution in [1.29, 1.82) is 0 Å². The standard InChI is InChI=1S/C67H81FN12O8/c1-37(2)70-60(82)47-34-52(49(68)30-39(47)5)73-59-58-53(69-36-78(58)38(3)4)35-51(72-59)42-16-17-48-55(31-42)79(45-32-44(33-45)75-24-7-6-8-25-75)66(88)67(48)22-28-77(29-23-67)63(85)41-14-12-40(13-15-41)62(84)76-26-20-43(21-27-76)71-50-11-9-10-46-57(50)65(87)80(64(46)86)54-18-19-56(81)74-61(54)83/h9-11,16-17,30-31,34-38,40-41,43-45,54,64,71,86H,6-8,12-15,18-29,32-33H2,1-5H3,(H,70,82)(H,72,73)(H,74,81,83)/t40-,41+,44-,45+,54?,64?. The smallest absolute Gasteiger partial charge is 0.259 e. The van der Waals surface area contributed by atoms with Crippen LogP contribution in [0, 0.1) is 24.6 Å². The molecule has 8 aliphatic rings.